The highest BCUT2D eigenvalue weighted by Crippen LogP contribution is 2.31. The molecule has 2 heterocycles. The van der Waals surface area contributed by atoms with Gasteiger partial charge < -0.3 is 15.2 Å². The van der Waals surface area contributed by atoms with Gasteiger partial charge in [0.25, 0.3) is 0 Å². The molecule has 106 valence electrons. The van der Waals surface area contributed by atoms with Crippen molar-refractivity contribution in [3.05, 3.63) is 0 Å². The first-order valence-corrected chi connectivity index (χ1v) is 7.22. The van der Waals surface area contributed by atoms with Gasteiger partial charge in [-0.25, -0.2) is 0 Å². The molecular weight excluding hydrogens is 228 g/mol. The first-order valence-electron chi connectivity index (χ1n) is 7.22. The molecule has 18 heavy (non-hydrogen) atoms. The molecule has 2 saturated heterocycles. The van der Waals surface area contributed by atoms with Crippen molar-refractivity contribution in [1.82, 2.24) is 10.2 Å². The molecule has 0 aromatic rings. The third kappa shape index (κ3) is 3.67. The minimum absolute atomic E-state index is 0.237. The van der Waals surface area contributed by atoms with Crippen molar-refractivity contribution < 1.29 is 9.84 Å². The Kier molecular flexibility index (Phi) is 4.64. The summed E-state index contributed by atoms with van der Waals surface area (Å²) in [4.78, 5) is 2.43. The molecular formula is C14H28N2O2. The molecule has 2 N–H and O–H groups in total. The molecule has 2 aliphatic rings. The molecule has 4 heteroatoms. The lowest BCUT2D eigenvalue weighted by Crippen LogP contribution is -2.53. The SMILES string of the molecule is CNCC1(CN2CCCC(C)(O)C2)CCCOC1. The molecule has 0 aromatic heterocycles. The van der Waals surface area contributed by atoms with Crippen molar-refractivity contribution in [2.75, 3.05) is 46.4 Å². The van der Waals surface area contributed by atoms with Crippen molar-refractivity contribution in [3.63, 3.8) is 0 Å². The van der Waals surface area contributed by atoms with Crippen LogP contribution in [-0.4, -0.2) is 62.0 Å². The predicted molar refractivity (Wildman–Crippen MR) is 72.7 cm³/mol. The Labute approximate surface area is 111 Å². The third-order valence-corrected chi connectivity index (χ3v) is 4.27. The van der Waals surface area contributed by atoms with Gasteiger partial charge in [0, 0.05) is 31.7 Å². The van der Waals surface area contributed by atoms with Crippen LogP contribution in [0.3, 0.4) is 0 Å². The summed E-state index contributed by atoms with van der Waals surface area (Å²) in [5.41, 5.74) is -0.269. The maximum absolute atomic E-state index is 10.2. The minimum Gasteiger partial charge on any atom is -0.389 e. The Morgan fingerprint density at radius 1 is 1.33 bits per heavy atom. The Hall–Kier alpha value is -0.160. The Morgan fingerprint density at radius 2 is 2.17 bits per heavy atom. The van der Waals surface area contributed by atoms with Crippen LogP contribution in [0.4, 0.5) is 0 Å². The average molecular weight is 256 g/mol. The van der Waals surface area contributed by atoms with Crippen LogP contribution in [0.1, 0.15) is 32.6 Å². The summed E-state index contributed by atoms with van der Waals surface area (Å²) in [7, 11) is 2.02. The second kappa shape index (κ2) is 5.87. The summed E-state index contributed by atoms with van der Waals surface area (Å²) in [6.07, 6.45) is 4.42. The van der Waals surface area contributed by atoms with E-state index in [1.807, 2.05) is 14.0 Å². The fourth-order valence-electron chi connectivity index (χ4n) is 3.54. The van der Waals surface area contributed by atoms with Crippen molar-refractivity contribution in [2.24, 2.45) is 5.41 Å². The van der Waals surface area contributed by atoms with Crippen LogP contribution in [0.2, 0.25) is 0 Å². The van der Waals surface area contributed by atoms with Crippen LogP contribution in [0.5, 0.6) is 0 Å². The molecule has 2 rings (SSSR count). The topological polar surface area (TPSA) is 44.7 Å². The van der Waals surface area contributed by atoms with E-state index in [2.05, 4.69) is 10.2 Å². The first-order chi connectivity index (χ1) is 8.55. The molecule has 4 nitrogen and oxygen atoms in total. The van der Waals surface area contributed by atoms with Crippen LogP contribution in [-0.2, 0) is 4.74 Å². The summed E-state index contributed by atoms with van der Waals surface area (Å²) in [5.74, 6) is 0. The Balaban J connectivity index is 1.95. The molecule has 0 aliphatic carbocycles. The van der Waals surface area contributed by atoms with Gasteiger partial charge in [0.15, 0.2) is 0 Å². The highest BCUT2D eigenvalue weighted by Gasteiger charge is 2.37. The Bertz CT molecular complexity index is 257. The zero-order chi connectivity index (χ0) is 13.1. The van der Waals surface area contributed by atoms with Gasteiger partial charge in [-0.1, -0.05) is 0 Å². The lowest BCUT2D eigenvalue weighted by atomic mass is 9.80. The molecule has 0 bridgehead atoms. The summed E-state index contributed by atoms with van der Waals surface area (Å²) in [6.45, 7) is 7.69. The van der Waals surface area contributed by atoms with Gasteiger partial charge in [0.1, 0.15) is 0 Å². The summed E-state index contributed by atoms with van der Waals surface area (Å²) in [6, 6.07) is 0. The highest BCUT2D eigenvalue weighted by atomic mass is 16.5. The number of hydrogen-bond donors (Lipinski definition) is 2. The van der Waals surface area contributed by atoms with E-state index in [9.17, 15) is 5.11 Å². The van der Waals surface area contributed by atoms with Gasteiger partial charge in [0.05, 0.1) is 12.2 Å². The predicted octanol–water partition coefficient (Wildman–Crippen LogP) is 0.849. The molecule has 0 amide bonds. The Morgan fingerprint density at radius 3 is 2.78 bits per heavy atom. The van der Waals surface area contributed by atoms with Crippen LogP contribution >= 0.6 is 0 Å². The molecule has 2 fully saturated rings. The molecule has 0 radical (unpaired) electrons. The quantitative estimate of drug-likeness (QED) is 0.783. The van der Waals surface area contributed by atoms with Gasteiger partial charge in [0.2, 0.25) is 0 Å². The highest BCUT2D eigenvalue weighted by molar-refractivity contribution is 4.91. The maximum atomic E-state index is 10.2. The normalized spacial score (nSPS) is 38.8. The first kappa shape index (κ1) is 14.3. The maximum Gasteiger partial charge on any atom is 0.0746 e. The monoisotopic (exact) mass is 256 g/mol. The third-order valence-electron chi connectivity index (χ3n) is 4.27. The lowest BCUT2D eigenvalue weighted by Gasteiger charge is -2.44. The van der Waals surface area contributed by atoms with Crippen LogP contribution in [0.15, 0.2) is 0 Å². The molecule has 0 saturated carbocycles. The fourth-order valence-corrected chi connectivity index (χ4v) is 3.54. The largest absolute Gasteiger partial charge is 0.389 e. The van der Waals surface area contributed by atoms with Crippen molar-refractivity contribution >= 4 is 0 Å². The van der Waals surface area contributed by atoms with Gasteiger partial charge >= 0.3 is 0 Å². The van der Waals surface area contributed by atoms with E-state index in [1.165, 1.54) is 6.42 Å². The standard InChI is InChI=1S/C14H28N2O2/c1-13(17)5-3-7-16(10-13)11-14(9-15-2)6-4-8-18-12-14/h15,17H,3-12H2,1-2H3. The number of rotatable bonds is 4. The number of nitrogens with one attached hydrogen (secondary N) is 1. The van der Waals surface area contributed by atoms with E-state index in [0.717, 1.165) is 58.7 Å². The number of aliphatic hydroxyl groups is 1. The van der Waals surface area contributed by atoms with Gasteiger partial charge in [-0.15, -0.1) is 0 Å². The van der Waals surface area contributed by atoms with Crippen molar-refractivity contribution in [3.8, 4) is 0 Å². The molecule has 2 unspecified atom stereocenters. The molecule has 2 atom stereocenters. The van der Waals surface area contributed by atoms with Gasteiger partial charge in [-0.05, 0) is 46.2 Å². The van der Waals surface area contributed by atoms with E-state index < -0.39 is 5.60 Å². The number of nitrogens with zero attached hydrogens (tertiary/aromatic N) is 1. The van der Waals surface area contributed by atoms with Crippen LogP contribution < -0.4 is 5.32 Å². The molecule has 0 aromatic carbocycles. The van der Waals surface area contributed by atoms with E-state index in [0.29, 0.717) is 0 Å². The number of β-amino-alcohol motifs (C(OH)–C–C–N with tert-alkyl or cyclic N) is 1. The number of likely N-dealkylation sites (tertiary alicyclic amines) is 1. The zero-order valence-corrected chi connectivity index (χ0v) is 11.9. The average Bonchev–Trinajstić information content (AvgIpc) is 2.29. The number of piperidine rings is 1. The van der Waals surface area contributed by atoms with Gasteiger partial charge in [-0.3, -0.25) is 4.90 Å². The number of hydrogen-bond acceptors (Lipinski definition) is 4. The smallest absolute Gasteiger partial charge is 0.0746 e. The molecule has 2 aliphatic heterocycles. The second-order valence-corrected chi connectivity index (χ2v) is 6.50. The molecule has 0 spiro atoms. The zero-order valence-electron chi connectivity index (χ0n) is 11.9. The summed E-state index contributed by atoms with van der Waals surface area (Å²) >= 11 is 0. The van der Waals surface area contributed by atoms with Crippen molar-refractivity contribution in [2.45, 2.75) is 38.2 Å². The second-order valence-electron chi connectivity index (χ2n) is 6.50. The van der Waals surface area contributed by atoms with Gasteiger partial charge in [-0.2, -0.15) is 0 Å². The fraction of sp³-hybridized carbons (Fsp3) is 1.00. The van der Waals surface area contributed by atoms with E-state index in [4.69, 9.17) is 4.74 Å². The lowest BCUT2D eigenvalue weighted by molar-refractivity contribution is -0.0603. The van der Waals surface area contributed by atoms with Crippen molar-refractivity contribution in [1.29, 1.82) is 0 Å². The minimum atomic E-state index is -0.505. The summed E-state index contributed by atoms with van der Waals surface area (Å²) < 4.78 is 5.70. The van der Waals surface area contributed by atoms with Crippen LogP contribution in [0.25, 0.3) is 0 Å². The summed E-state index contributed by atoms with van der Waals surface area (Å²) in [5, 5.41) is 13.5. The van der Waals surface area contributed by atoms with E-state index in [-0.39, 0.29) is 5.41 Å². The number of ether oxygens (including phenoxy) is 1. The van der Waals surface area contributed by atoms with E-state index >= 15 is 0 Å². The van der Waals surface area contributed by atoms with Crippen LogP contribution in [0, 0.1) is 5.41 Å². The van der Waals surface area contributed by atoms with E-state index in [1.54, 1.807) is 0 Å².